The highest BCUT2D eigenvalue weighted by Crippen LogP contribution is 2.16. The molecule has 2 heterocycles. The maximum atomic E-state index is 11.9. The molecular formula is C14H27N3O. The highest BCUT2D eigenvalue weighted by molar-refractivity contribution is 5.76. The van der Waals surface area contributed by atoms with E-state index >= 15 is 0 Å². The van der Waals surface area contributed by atoms with E-state index in [4.69, 9.17) is 0 Å². The molecule has 2 fully saturated rings. The topological polar surface area (TPSA) is 44.4 Å². The number of rotatable bonds is 4. The van der Waals surface area contributed by atoms with Crippen molar-refractivity contribution in [2.45, 2.75) is 32.1 Å². The van der Waals surface area contributed by atoms with Gasteiger partial charge in [0.15, 0.2) is 0 Å². The average molecular weight is 253 g/mol. The molecule has 18 heavy (non-hydrogen) atoms. The third kappa shape index (κ3) is 4.58. The summed E-state index contributed by atoms with van der Waals surface area (Å²) in [5.74, 6) is 1.51. The van der Waals surface area contributed by atoms with Crippen LogP contribution in [-0.4, -0.2) is 50.6 Å². The molecule has 1 atom stereocenters. The number of amides is 1. The summed E-state index contributed by atoms with van der Waals surface area (Å²) in [6.07, 6.45) is 5.56. The summed E-state index contributed by atoms with van der Waals surface area (Å²) in [6.45, 7) is 5.36. The molecule has 4 heteroatoms. The van der Waals surface area contributed by atoms with Crippen LogP contribution in [0.3, 0.4) is 0 Å². The first-order valence-corrected chi connectivity index (χ1v) is 7.40. The van der Waals surface area contributed by atoms with Crippen LogP contribution in [0, 0.1) is 11.8 Å². The molecule has 2 aliphatic rings. The van der Waals surface area contributed by atoms with Crippen molar-refractivity contribution >= 4 is 5.91 Å². The zero-order valence-electron chi connectivity index (χ0n) is 11.6. The molecule has 0 aromatic rings. The van der Waals surface area contributed by atoms with Gasteiger partial charge in [-0.1, -0.05) is 0 Å². The molecule has 1 amide bonds. The third-order valence-electron chi connectivity index (χ3n) is 4.24. The number of piperidine rings is 2. The van der Waals surface area contributed by atoms with Crippen molar-refractivity contribution in [3.8, 4) is 0 Å². The molecule has 0 radical (unpaired) electrons. The van der Waals surface area contributed by atoms with Crippen molar-refractivity contribution < 1.29 is 4.79 Å². The van der Waals surface area contributed by atoms with Gasteiger partial charge in [0.2, 0.25) is 5.91 Å². The van der Waals surface area contributed by atoms with Gasteiger partial charge < -0.3 is 15.5 Å². The summed E-state index contributed by atoms with van der Waals surface area (Å²) < 4.78 is 0. The molecule has 104 valence electrons. The predicted octanol–water partition coefficient (Wildman–Crippen LogP) is 0.834. The third-order valence-corrected chi connectivity index (χ3v) is 4.24. The summed E-state index contributed by atoms with van der Waals surface area (Å²) >= 11 is 0. The van der Waals surface area contributed by atoms with Gasteiger partial charge in [0, 0.05) is 19.5 Å². The molecule has 2 rings (SSSR count). The Morgan fingerprint density at radius 2 is 2.06 bits per heavy atom. The normalized spacial score (nSPS) is 27.1. The lowest BCUT2D eigenvalue weighted by Crippen LogP contribution is -2.40. The largest absolute Gasteiger partial charge is 0.356 e. The monoisotopic (exact) mass is 253 g/mol. The van der Waals surface area contributed by atoms with Gasteiger partial charge in [0.05, 0.1) is 0 Å². The van der Waals surface area contributed by atoms with Gasteiger partial charge in [0.25, 0.3) is 0 Å². The Bertz CT molecular complexity index is 264. The molecular weight excluding hydrogens is 226 g/mol. The number of nitrogens with zero attached hydrogens (tertiary/aromatic N) is 1. The highest BCUT2D eigenvalue weighted by atomic mass is 16.1. The van der Waals surface area contributed by atoms with Gasteiger partial charge in [-0.2, -0.15) is 0 Å². The molecule has 0 bridgehead atoms. The first-order valence-electron chi connectivity index (χ1n) is 7.40. The fraction of sp³-hybridized carbons (Fsp3) is 0.929. The first kappa shape index (κ1) is 13.8. The molecule has 4 nitrogen and oxygen atoms in total. The summed E-state index contributed by atoms with van der Waals surface area (Å²) in [5, 5.41) is 6.47. The molecule has 0 saturated carbocycles. The van der Waals surface area contributed by atoms with Gasteiger partial charge in [0.1, 0.15) is 0 Å². The van der Waals surface area contributed by atoms with Crippen LogP contribution in [0.4, 0.5) is 0 Å². The second-order valence-electron chi connectivity index (χ2n) is 5.97. The smallest absolute Gasteiger partial charge is 0.220 e. The number of carbonyl (C=O) groups is 1. The van der Waals surface area contributed by atoms with Crippen LogP contribution in [0.25, 0.3) is 0 Å². The molecule has 0 aromatic carbocycles. The second-order valence-corrected chi connectivity index (χ2v) is 5.97. The Morgan fingerprint density at radius 1 is 1.28 bits per heavy atom. The zero-order chi connectivity index (χ0) is 12.8. The summed E-state index contributed by atoms with van der Waals surface area (Å²) in [7, 11) is 2.17. The minimum Gasteiger partial charge on any atom is -0.356 e. The number of nitrogens with one attached hydrogen (secondary N) is 2. The lowest BCUT2D eigenvalue weighted by Gasteiger charge is -2.30. The zero-order valence-corrected chi connectivity index (χ0v) is 11.6. The maximum absolute atomic E-state index is 11.9. The predicted molar refractivity (Wildman–Crippen MR) is 73.4 cm³/mol. The molecule has 0 aliphatic carbocycles. The van der Waals surface area contributed by atoms with E-state index in [1.165, 1.54) is 19.4 Å². The fourth-order valence-electron chi connectivity index (χ4n) is 3.12. The van der Waals surface area contributed by atoms with Crippen LogP contribution >= 0.6 is 0 Å². The van der Waals surface area contributed by atoms with Crippen molar-refractivity contribution in [1.82, 2.24) is 15.5 Å². The van der Waals surface area contributed by atoms with Gasteiger partial charge in [-0.15, -0.1) is 0 Å². The number of likely N-dealkylation sites (tertiary alicyclic amines) is 1. The van der Waals surface area contributed by atoms with Crippen LogP contribution < -0.4 is 10.6 Å². The standard InChI is InChI=1S/C14H27N3O/c1-17-8-2-3-13(11-17)10-16-14(18)9-12-4-6-15-7-5-12/h12-13,15H,2-11H2,1H3,(H,16,18). The van der Waals surface area contributed by atoms with E-state index in [0.29, 0.717) is 11.8 Å². The minimum absolute atomic E-state index is 0.259. The van der Waals surface area contributed by atoms with E-state index in [1.807, 2.05) is 0 Å². The van der Waals surface area contributed by atoms with Crippen LogP contribution in [0.5, 0.6) is 0 Å². The van der Waals surface area contributed by atoms with E-state index < -0.39 is 0 Å². The molecule has 0 spiro atoms. The van der Waals surface area contributed by atoms with Crippen molar-refractivity contribution in [3.63, 3.8) is 0 Å². The molecule has 0 aromatic heterocycles. The van der Waals surface area contributed by atoms with Crippen LogP contribution in [0.1, 0.15) is 32.1 Å². The lowest BCUT2D eigenvalue weighted by molar-refractivity contribution is -0.122. The van der Waals surface area contributed by atoms with Crippen molar-refractivity contribution in [1.29, 1.82) is 0 Å². The second kappa shape index (κ2) is 7.10. The van der Waals surface area contributed by atoms with Gasteiger partial charge in [-0.25, -0.2) is 0 Å². The number of hydrogen-bond acceptors (Lipinski definition) is 3. The van der Waals surface area contributed by atoms with Crippen molar-refractivity contribution in [2.75, 3.05) is 39.8 Å². The summed E-state index contributed by atoms with van der Waals surface area (Å²) in [6, 6.07) is 0. The van der Waals surface area contributed by atoms with E-state index in [-0.39, 0.29) is 5.91 Å². The SMILES string of the molecule is CN1CCCC(CNC(=O)CC2CCNCC2)C1. The summed E-state index contributed by atoms with van der Waals surface area (Å²) in [4.78, 5) is 14.3. The van der Waals surface area contributed by atoms with E-state index in [1.54, 1.807) is 0 Å². The Balaban J connectivity index is 1.61. The number of carbonyl (C=O) groups excluding carboxylic acids is 1. The quantitative estimate of drug-likeness (QED) is 0.780. The van der Waals surface area contributed by atoms with Crippen LogP contribution in [-0.2, 0) is 4.79 Å². The summed E-state index contributed by atoms with van der Waals surface area (Å²) in [5.41, 5.74) is 0. The number of hydrogen-bond donors (Lipinski definition) is 2. The Morgan fingerprint density at radius 3 is 2.78 bits per heavy atom. The Hall–Kier alpha value is -0.610. The fourth-order valence-corrected chi connectivity index (χ4v) is 3.12. The van der Waals surface area contributed by atoms with Crippen molar-refractivity contribution in [2.24, 2.45) is 11.8 Å². The van der Waals surface area contributed by atoms with Gasteiger partial charge in [-0.3, -0.25) is 4.79 Å². The van der Waals surface area contributed by atoms with E-state index in [0.717, 1.165) is 45.4 Å². The van der Waals surface area contributed by atoms with Gasteiger partial charge >= 0.3 is 0 Å². The van der Waals surface area contributed by atoms with Gasteiger partial charge in [-0.05, 0) is 64.2 Å². The first-order chi connectivity index (χ1) is 8.74. The molecule has 2 aliphatic heterocycles. The van der Waals surface area contributed by atoms with E-state index in [2.05, 4.69) is 22.6 Å². The lowest BCUT2D eigenvalue weighted by atomic mass is 9.94. The van der Waals surface area contributed by atoms with Crippen LogP contribution in [0.15, 0.2) is 0 Å². The van der Waals surface area contributed by atoms with Crippen molar-refractivity contribution in [3.05, 3.63) is 0 Å². The van der Waals surface area contributed by atoms with E-state index in [9.17, 15) is 4.79 Å². The Kier molecular flexibility index (Phi) is 5.45. The minimum atomic E-state index is 0.259. The Labute approximate surface area is 110 Å². The molecule has 2 N–H and O–H groups in total. The average Bonchev–Trinajstić information content (AvgIpc) is 2.38. The molecule has 1 unspecified atom stereocenters. The maximum Gasteiger partial charge on any atom is 0.220 e. The molecule has 2 saturated heterocycles. The van der Waals surface area contributed by atoms with Crippen LogP contribution in [0.2, 0.25) is 0 Å². The highest BCUT2D eigenvalue weighted by Gasteiger charge is 2.20.